The number of nitrogens with zero attached hydrogens (tertiary/aromatic N) is 1. The first kappa shape index (κ1) is 23.4. The number of carbonyl (C=O) groups excluding carboxylic acids is 2. The second kappa shape index (κ2) is 10.1. The first-order valence-corrected chi connectivity index (χ1v) is 12.2. The molecule has 0 aromatic heterocycles. The lowest BCUT2D eigenvalue weighted by Gasteiger charge is -2.38. The summed E-state index contributed by atoms with van der Waals surface area (Å²) >= 11 is 0. The van der Waals surface area contributed by atoms with Gasteiger partial charge in [0.25, 0.3) is 0 Å². The van der Waals surface area contributed by atoms with Crippen LogP contribution in [0.25, 0.3) is 11.1 Å². The van der Waals surface area contributed by atoms with E-state index in [0.29, 0.717) is 25.7 Å². The number of carbonyl (C=O) groups is 3. The summed E-state index contributed by atoms with van der Waals surface area (Å²) in [5.41, 5.74) is 4.45. The van der Waals surface area contributed by atoms with Crippen LogP contribution in [0.15, 0.2) is 48.5 Å². The van der Waals surface area contributed by atoms with E-state index >= 15 is 0 Å². The number of likely N-dealkylation sites (tertiary alicyclic amines) is 1. The minimum Gasteiger partial charge on any atom is -0.481 e. The fourth-order valence-electron chi connectivity index (χ4n) is 5.68. The van der Waals surface area contributed by atoms with Crippen molar-refractivity contribution in [1.82, 2.24) is 10.2 Å². The third-order valence-electron chi connectivity index (χ3n) is 7.40. The molecule has 2 aromatic carbocycles. The molecule has 2 fully saturated rings. The van der Waals surface area contributed by atoms with Crippen molar-refractivity contribution in [3.8, 4) is 11.1 Å². The van der Waals surface area contributed by atoms with Gasteiger partial charge in [0, 0.05) is 24.8 Å². The van der Waals surface area contributed by atoms with E-state index in [1.807, 2.05) is 36.4 Å². The molecule has 8 heteroatoms. The van der Waals surface area contributed by atoms with Crippen molar-refractivity contribution >= 4 is 18.0 Å². The largest absolute Gasteiger partial charge is 0.481 e. The normalized spacial score (nSPS) is 21.5. The van der Waals surface area contributed by atoms with Gasteiger partial charge in [-0.2, -0.15) is 0 Å². The minimum absolute atomic E-state index is 0.00705. The van der Waals surface area contributed by atoms with E-state index < -0.39 is 18.1 Å². The van der Waals surface area contributed by atoms with Crippen LogP contribution < -0.4 is 5.32 Å². The summed E-state index contributed by atoms with van der Waals surface area (Å²) in [4.78, 5) is 39.2. The van der Waals surface area contributed by atoms with Crippen molar-refractivity contribution < 1.29 is 29.0 Å². The Morgan fingerprint density at radius 2 is 1.74 bits per heavy atom. The summed E-state index contributed by atoms with van der Waals surface area (Å²) < 4.78 is 11.2. The maximum Gasteiger partial charge on any atom is 0.407 e. The predicted molar refractivity (Wildman–Crippen MR) is 128 cm³/mol. The molecule has 3 unspecified atom stereocenters. The monoisotopic (exact) mass is 478 g/mol. The van der Waals surface area contributed by atoms with Gasteiger partial charge in [0.05, 0.1) is 19.3 Å². The van der Waals surface area contributed by atoms with E-state index in [4.69, 9.17) is 9.47 Å². The number of carboxylic acids is 1. The van der Waals surface area contributed by atoms with Crippen LogP contribution in [-0.4, -0.2) is 66.4 Å². The molecule has 0 bridgehead atoms. The Morgan fingerprint density at radius 3 is 2.43 bits per heavy atom. The Labute approximate surface area is 204 Å². The van der Waals surface area contributed by atoms with Crippen molar-refractivity contribution in [1.29, 1.82) is 0 Å². The van der Waals surface area contributed by atoms with Gasteiger partial charge in [-0.15, -0.1) is 0 Å². The molecular weight excluding hydrogens is 448 g/mol. The summed E-state index contributed by atoms with van der Waals surface area (Å²) in [5.74, 6) is -1.08. The Bertz CT molecular complexity index is 1070. The molecule has 0 spiro atoms. The molecule has 2 aliphatic heterocycles. The smallest absolute Gasteiger partial charge is 0.407 e. The molecular formula is C27H30N2O6. The van der Waals surface area contributed by atoms with Gasteiger partial charge in [-0.25, -0.2) is 4.79 Å². The molecule has 1 aliphatic carbocycles. The Balaban J connectivity index is 1.26. The zero-order valence-corrected chi connectivity index (χ0v) is 19.5. The molecule has 0 radical (unpaired) electrons. The fraction of sp³-hybridized carbons (Fsp3) is 0.444. The number of ether oxygens (including phenoxy) is 2. The van der Waals surface area contributed by atoms with Crippen molar-refractivity contribution in [3.63, 3.8) is 0 Å². The lowest BCUT2D eigenvalue weighted by Crippen LogP contribution is -2.55. The number of alkyl carbamates (subject to hydrolysis) is 1. The van der Waals surface area contributed by atoms with Gasteiger partial charge in [-0.05, 0) is 41.5 Å². The van der Waals surface area contributed by atoms with Crippen molar-refractivity contribution in [2.24, 2.45) is 5.92 Å². The first-order chi connectivity index (χ1) is 17.0. The van der Waals surface area contributed by atoms with Gasteiger partial charge in [-0.1, -0.05) is 48.5 Å². The third kappa shape index (κ3) is 4.75. The second-order valence-corrected chi connectivity index (χ2v) is 9.49. The van der Waals surface area contributed by atoms with Gasteiger partial charge < -0.3 is 24.8 Å². The van der Waals surface area contributed by atoms with Crippen LogP contribution in [0.1, 0.15) is 42.7 Å². The number of benzene rings is 2. The van der Waals surface area contributed by atoms with E-state index in [9.17, 15) is 19.5 Å². The Kier molecular flexibility index (Phi) is 6.72. The van der Waals surface area contributed by atoms with Gasteiger partial charge in [0.15, 0.2) is 0 Å². The number of hydrogen-bond donors (Lipinski definition) is 2. The number of fused-ring (bicyclic) bond motifs is 4. The maximum atomic E-state index is 13.4. The number of amides is 2. The van der Waals surface area contributed by atoms with Crippen LogP contribution in [0.5, 0.6) is 0 Å². The standard InChI is InChI=1S/C27H30N2O6/c30-25(31)12-11-23(26(32)29-13-5-6-17-14-34-16-24(17)29)28-27(33)35-15-22-20-9-3-1-7-18(20)19-8-2-4-10-21(19)22/h1-4,7-10,17,22-24H,5-6,11-16H2,(H,28,33)(H,30,31). The highest BCUT2D eigenvalue weighted by molar-refractivity contribution is 5.86. The molecule has 0 saturated carbocycles. The highest BCUT2D eigenvalue weighted by atomic mass is 16.5. The molecule has 2 heterocycles. The number of aliphatic carboxylic acids is 1. The van der Waals surface area contributed by atoms with Crippen LogP contribution in [0, 0.1) is 5.92 Å². The minimum atomic E-state index is -1.02. The van der Waals surface area contributed by atoms with Crippen LogP contribution in [0.4, 0.5) is 4.79 Å². The molecule has 8 nitrogen and oxygen atoms in total. The molecule has 2 saturated heterocycles. The molecule has 5 rings (SSSR count). The third-order valence-corrected chi connectivity index (χ3v) is 7.40. The highest BCUT2D eigenvalue weighted by Gasteiger charge is 2.41. The summed E-state index contributed by atoms with van der Waals surface area (Å²) in [7, 11) is 0. The number of piperidine rings is 1. The van der Waals surface area contributed by atoms with Gasteiger partial charge in [-0.3, -0.25) is 9.59 Å². The Hall–Kier alpha value is -3.39. The average molecular weight is 479 g/mol. The summed E-state index contributed by atoms with van der Waals surface area (Å²) in [6, 6.07) is 15.1. The first-order valence-electron chi connectivity index (χ1n) is 12.2. The van der Waals surface area contributed by atoms with Crippen molar-refractivity contribution in [2.75, 3.05) is 26.4 Å². The predicted octanol–water partition coefficient (Wildman–Crippen LogP) is 3.40. The van der Waals surface area contributed by atoms with Gasteiger partial charge >= 0.3 is 12.1 Å². The lowest BCUT2D eigenvalue weighted by atomic mass is 9.91. The van der Waals surface area contributed by atoms with Crippen molar-refractivity contribution in [2.45, 2.75) is 43.7 Å². The zero-order chi connectivity index (χ0) is 24.4. The fourth-order valence-corrected chi connectivity index (χ4v) is 5.68. The zero-order valence-electron chi connectivity index (χ0n) is 19.5. The number of nitrogens with one attached hydrogen (secondary N) is 1. The summed E-state index contributed by atoms with van der Waals surface area (Å²) in [6.07, 6.45) is 0.943. The molecule has 3 aliphatic rings. The quantitative estimate of drug-likeness (QED) is 0.632. The molecule has 2 aromatic rings. The summed E-state index contributed by atoms with van der Waals surface area (Å²) in [6.45, 7) is 1.82. The average Bonchev–Trinajstić information content (AvgIpc) is 3.47. The van der Waals surface area contributed by atoms with Crippen LogP contribution >= 0.6 is 0 Å². The second-order valence-electron chi connectivity index (χ2n) is 9.49. The maximum absolute atomic E-state index is 13.4. The molecule has 184 valence electrons. The van der Waals surface area contributed by atoms with Gasteiger partial charge in [0.2, 0.25) is 5.91 Å². The molecule has 2 amide bonds. The molecule has 3 atom stereocenters. The SMILES string of the molecule is O=C(O)CCC(NC(=O)OCC1c2ccccc2-c2ccccc21)C(=O)N1CCCC2COCC21. The number of rotatable bonds is 7. The van der Waals surface area contributed by atoms with Crippen LogP contribution in [-0.2, 0) is 19.1 Å². The molecule has 35 heavy (non-hydrogen) atoms. The van der Waals surface area contributed by atoms with E-state index in [-0.39, 0.29) is 37.3 Å². The van der Waals surface area contributed by atoms with Crippen LogP contribution in [0.2, 0.25) is 0 Å². The van der Waals surface area contributed by atoms with Crippen molar-refractivity contribution in [3.05, 3.63) is 59.7 Å². The number of carboxylic acid groups (broad SMARTS) is 1. The van der Waals surface area contributed by atoms with E-state index in [0.717, 1.165) is 35.1 Å². The topological polar surface area (TPSA) is 105 Å². The van der Waals surface area contributed by atoms with E-state index in [1.165, 1.54) is 0 Å². The summed E-state index contributed by atoms with van der Waals surface area (Å²) in [5, 5.41) is 11.8. The Morgan fingerprint density at radius 1 is 1.06 bits per heavy atom. The van der Waals surface area contributed by atoms with E-state index in [2.05, 4.69) is 17.4 Å². The van der Waals surface area contributed by atoms with Crippen LogP contribution in [0.3, 0.4) is 0 Å². The molecule has 2 N–H and O–H groups in total. The van der Waals surface area contributed by atoms with E-state index in [1.54, 1.807) is 4.90 Å². The van der Waals surface area contributed by atoms with Gasteiger partial charge in [0.1, 0.15) is 12.6 Å². The number of hydrogen-bond acceptors (Lipinski definition) is 5. The highest BCUT2D eigenvalue weighted by Crippen LogP contribution is 2.44. The lowest BCUT2D eigenvalue weighted by molar-refractivity contribution is -0.139.